The summed E-state index contributed by atoms with van der Waals surface area (Å²) < 4.78 is 31.4. The van der Waals surface area contributed by atoms with Crippen LogP contribution in [0.2, 0.25) is 0 Å². The lowest BCUT2D eigenvalue weighted by Gasteiger charge is -2.10. The molecule has 2 atom stereocenters. The SMILES string of the molecule is C[C@@H](O)[C@H](N)C(=O)OS(=O)(=O)O. The van der Waals surface area contributed by atoms with Crippen molar-refractivity contribution in [2.75, 3.05) is 0 Å². The molecule has 72 valence electrons. The number of nitrogens with two attached hydrogens (primary N) is 1. The summed E-state index contributed by atoms with van der Waals surface area (Å²) >= 11 is 0. The van der Waals surface area contributed by atoms with E-state index in [4.69, 9.17) is 15.4 Å². The molecule has 0 aromatic rings. The predicted octanol–water partition coefficient (Wildman–Crippen LogP) is -1.96. The zero-order valence-electron chi connectivity index (χ0n) is 6.17. The minimum absolute atomic E-state index is 1.18. The molecular weight excluding hydrogens is 190 g/mol. The van der Waals surface area contributed by atoms with Gasteiger partial charge in [0.05, 0.1) is 6.10 Å². The third-order valence-electron chi connectivity index (χ3n) is 0.979. The van der Waals surface area contributed by atoms with Gasteiger partial charge in [0, 0.05) is 0 Å². The van der Waals surface area contributed by atoms with Gasteiger partial charge in [-0.2, -0.15) is 8.42 Å². The summed E-state index contributed by atoms with van der Waals surface area (Å²) in [7, 11) is -4.84. The Balaban J connectivity index is 4.25. The minimum Gasteiger partial charge on any atom is -0.391 e. The lowest BCUT2D eigenvalue weighted by Crippen LogP contribution is -2.42. The quantitative estimate of drug-likeness (QED) is 0.450. The fourth-order valence-electron chi connectivity index (χ4n) is 0.356. The summed E-state index contributed by atoms with van der Waals surface area (Å²) in [5.74, 6) is -1.41. The van der Waals surface area contributed by atoms with Gasteiger partial charge in [0.2, 0.25) is 0 Å². The maximum Gasteiger partial charge on any atom is 0.449 e. The van der Waals surface area contributed by atoms with Crippen molar-refractivity contribution in [2.24, 2.45) is 5.73 Å². The van der Waals surface area contributed by atoms with E-state index in [0.717, 1.165) is 0 Å². The third kappa shape index (κ3) is 4.23. The van der Waals surface area contributed by atoms with E-state index in [1.807, 2.05) is 0 Å². The molecule has 0 aliphatic carbocycles. The lowest BCUT2D eigenvalue weighted by atomic mass is 10.2. The fourth-order valence-corrected chi connectivity index (χ4v) is 0.675. The predicted molar refractivity (Wildman–Crippen MR) is 37.3 cm³/mol. The summed E-state index contributed by atoms with van der Waals surface area (Å²) in [6.07, 6.45) is -1.25. The van der Waals surface area contributed by atoms with Crippen molar-refractivity contribution in [3.05, 3.63) is 0 Å². The zero-order chi connectivity index (χ0) is 9.94. The second-order valence-electron chi connectivity index (χ2n) is 2.10. The first-order valence-electron chi connectivity index (χ1n) is 2.88. The van der Waals surface area contributed by atoms with Gasteiger partial charge < -0.3 is 15.0 Å². The van der Waals surface area contributed by atoms with Crippen molar-refractivity contribution in [1.29, 1.82) is 0 Å². The van der Waals surface area contributed by atoms with Crippen LogP contribution in [0.4, 0.5) is 0 Å². The topological polar surface area (TPSA) is 127 Å². The summed E-state index contributed by atoms with van der Waals surface area (Å²) in [6, 6.07) is -1.49. The molecule has 0 radical (unpaired) electrons. The zero-order valence-corrected chi connectivity index (χ0v) is 6.98. The second kappa shape index (κ2) is 3.81. The van der Waals surface area contributed by atoms with E-state index < -0.39 is 28.5 Å². The van der Waals surface area contributed by atoms with E-state index in [-0.39, 0.29) is 0 Å². The highest BCUT2D eigenvalue weighted by atomic mass is 32.3. The molecule has 0 bridgehead atoms. The number of hydrogen-bond donors (Lipinski definition) is 3. The Morgan fingerprint density at radius 1 is 1.58 bits per heavy atom. The van der Waals surface area contributed by atoms with Crippen molar-refractivity contribution in [2.45, 2.75) is 19.1 Å². The molecule has 0 aliphatic rings. The summed E-state index contributed by atoms with van der Waals surface area (Å²) in [6.45, 7) is 1.18. The van der Waals surface area contributed by atoms with Crippen molar-refractivity contribution < 1.29 is 27.1 Å². The maximum atomic E-state index is 10.6. The maximum absolute atomic E-state index is 10.6. The first kappa shape index (κ1) is 11.3. The van der Waals surface area contributed by atoms with Crippen molar-refractivity contribution in [3.8, 4) is 0 Å². The Morgan fingerprint density at radius 3 is 2.25 bits per heavy atom. The van der Waals surface area contributed by atoms with Gasteiger partial charge in [-0.05, 0) is 6.92 Å². The summed E-state index contributed by atoms with van der Waals surface area (Å²) in [4.78, 5) is 10.6. The molecule has 7 nitrogen and oxygen atoms in total. The molecule has 0 saturated heterocycles. The van der Waals surface area contributed by atoms with E-state index >= 15 is 0 Å². The van der Waals surface area contributed by atoms with Crippen LogP contribution in [0, 0.1) is 0 Å². The Morgan fingerprint density at radius 2 is 2.00 bits per heavy atom. The summed E-state index contributed by atoms with van der Waals surface area (Å²) in [5, 5.41) is 8.69. The molecule has 12 heavy (non-hydrogen) atoms. The van der Waals surface area contributed by atoms with Gasteiger partial charge in [-0.15, -0.1) is 0 Å². The second-order valence-corrected chi connectivity index (χ2v) is 3.12. The number of carbonyl (C=O) groups is 1. The molecule has 8 heteroatoms. The largest absolute Gasteiger partial charge is 0.449 e. The average Bonchev–Trinajstić information content (AvgIpc) is 1.82. The molecule has 0 amide bonds. The standard InChI is InChI=1S/C4H9NO6S/c1-2(6)3(5)4(7)11-12(8,9)10/h2-3,6H,5H2,1H3,(H,8,9,10)/t2-,3+/m1/s1. The molecule has 0 spiro atoms. The van der Waals surface area contributed by atoms with Gasteiger partial charge >= 0.3 is 16.4 Å². The van der Waals surface area contributed by atoms with Crippen LogP contribution in [-0.4, -0.2) is 36.2 Å². The smallest absolute Gasteiger partial charge is 0.391 e. The normalized spacial score (nSPS) is 16.7. The van der Waals surface area contributed by atoms with Gasteiger partial charge in [0.15, 0.2) is 0 Å². The highest BCUT2D eigenvalue weighted by Gasteiger charge is 2.24. The van der Waals surface area contributed by atoms with E-state index in [1.165, 1.54) is 6.92 Å². The molecule has 0 rings (SSSR count). The van der Waals surface area contributed by atoms with Crippen LogP contribution in [0.1, 0.15) is 6.92 Å². The van der Waals surface area contributed by atoms with Crippen LogP contribution in [0.15, 0.2) is 0 Å². The molecule has 0 aliphatic heterocycles. The monoisotopic (exact) mass is 199 g/mol. The van der Waals surface area contributed by atoms with Crippen LogP contribution < -0.4 is 5.73 Å². The number of hydrogen-bond acceptors (Lipinski definition) is 6. The Hall–Kier alpha value is -0.700. The van der Waals surface area contributed by atoms with Crippen molar-refractivity contribution >= 4 is 16.4 Å². The number of aliphatic hydroxyl groups excluding tert-OH is 1. The fraction of sp³-hybridized carbons (Fsp3) is 0.750. The lowest BCUT2D eigenvalue weighted by molar-refractivity contribution is -0.138. The molecule has 0 aromatic carbocycles. The average molecular weight is 199 g/mol. The van der Waals surface area contributed by atoms with Gasteiger partial charge in [-0.25, -0.2) is 4.79 Å². The highest BCUT2D eigenvalue weighted by molar-refractivity contribution is 7.81. The van der Waals surface area contributed by atoms with Crippen molar-refractivity contribution in [1.82, 2.24) is 0 Å². The minimum atomic E-state index is -4.84. The van der Waals surface area contributed by atoms with E-state index in [1.54, 1.807) is 0 Å². The number of carbonyl (C=O) groups excluding carboxylic acids is 1. The molecule has 0 fully saturated rings. The Labute approximate surface area is 69.1 Å². The molecule has 0 unspecified atom stereocenters. The van der Waals surface area contributed by atoms with Gasteiger partial charge in [0.1, 0.15) is 6.04 Å². The molecule has 0 aromatic heterocycles. The van der Waals surface area contributed by atoms with Crippen molar-refractivity contribution in [3.63, 3.8) is 0 Å². The van der Waals surface area contributed by atoms with Crippen LogP contribution in [0.3, 0.4) is 0 Å². The van der Waals surface area contributed by atoms with E-state index in [2.05, 4.69) is 4.18 Å². The van der Waals surface area contributed by atoms with Crippen LogP contribution in [0.25, 0.3) is 0 Å². The first-order chi connectivity index (χ1) is 5.24. The Bertz CT molecular complexity index is 257. The molecule has 0 saturated carbocycles. The summed E-state index contributed by atoms with van der Waals surface area (Å²) in [5.41, 5.74) is 4.97. The molecular formula is C4H9NO6S. The van der Waals surface area contributed by atoms with E-state index in [0.29, 0.717) is 0 Å². The van der Waals surface area contributed by atoms with E-state index in [9.17, 15) is 13.2 Å². The Kier molecular flexibility index (Phi) is 3.58. The molecule has 0 heterocycles. The first-order valence-corrected chi connectivity index (χ1v) is 4.25. The third-order valence-corrected chi connectivity index (χ3v) is 1.35. The van der Waals surface area contributed by atoms with Gasteiger partial charge in [0.25, 0.3) is 0 Å². The van der Waals surface area contributed by atoms with Gasteiger partial charge in [-0.1, -0.05) is 0 Å². The highest BCUT2D eigenvalue weighted by Crippen LogP contribution is 1.95. The number of rotatable bonds is 3. The number of aliphatic hydroxyl groups is 1. The van der Waals surface area contributed by atoms with Crippen LogP contribution >= 0.6 is 0 Å². The van der Waals surface area contributed by atoms with Crippen LogP contribution in [-0.2, 0) is 19.4 Å². The molecule has 4 N–H and O–H groups in total. The van der Waals surface area contributed by atoms with Crippen LogP contribution in [0.5, 0.6) is 0 Å². The van der Waals surface area contributed by atoms with Gasteiger partial charge in [-0.3, -0.25) is 4.55 Å².